The fourth-order valence-corrected chi connectivity index (χ4v) is 6.79. The SMILES string of the molecule is Cc1cc(-c2ccc(-n3c4ccccc4c4ccccc43)cc2)nc(-c2ccc(-n3c4ccccc4c4ccccc43)cc2)n1. The molecule has 212 valence electrons. The van der Waals surface area contributed by atoms with E-state index in [4.69, 9.17) is 9.97 Å². The molecule has 45 heavy (non-hydrogen) atoms. The van der Waals surface area contributed by atoms with Crippen LogP contribution in [0.4, 0.5) is 0 Å². The summed E-state index contributed by atoms with van der Waals surface area (Å²) in [6.07, 6.45) is 0. The maximum atomic E-state index is 5.03. The summed E-state index contributed by atoms with van der Waals surface area (Å²) in [5.74, 6) is 0.727. The molecule has 0 amide bonds. The molecule has 4 nitrogen and oxygen atoms in total. The Morgan fingerprint density at radius 3 is 1.20 bits per heavy atom. The molecular weight excluding hydrogens is 548 g/mol. The second-order valence-corrected chi connectivity index (χ2v) is 11.6. The van der Waals surface area contributed by atoms with Crippen molar-refractivity contribution in [2.75, 3.05) is 0 Å². The van der Waals surface area contributed by atoms with Crippen molar-refractivity contribution in [3.05, 3.63) is 157 Å². The maximum absolute atomic E-state index is 5.03. The Labute approximate surface area is 260 Å². The van der Waals surface area contributed by atoms with E-state index in [2.05, 4.69) is 161 Å². The third kappa shape index (κ3) is 4.07. The van der Waals surface area contributed by atoms with E-state index in [-0.39, 0.29) is 0 Å². The third-order valence-electron chi connectivity index (χ3n) is 8.82. The van der Waals surface area contributed by atoms with Gasteiger partial charge in [0, 0.05) is 49.7 Å². The van der Waals surface area contributed by atoms with E-state index in [0.29, 0.717) is 0 Å². The van der Waals surface area contributed by atoms with Crippen molar-refractivity contribution in [1.82, 2.24) is 19.1 Å². The Hall–Kier alpha value is -6.00. The average Bonchev–Trinajstić information content (AvgIpc) is 3.61. The minimum Gasteiger partial charge on any atom is -0.309 e. The van der Waals surface area contributed by atoms with Gasteiger partial charge >= 0.3 is 0 Å². The molecule has 0 N–H and O–H groups in total. The molecule has 0 aliphatic carbocycles. The van der Waals surface area contributed by atoms with Gasteiger partial charge in [-0.15, -0.1) is 0 Å². The van der Waals surface area contributed by atoms with E-state index < -0.39 is 0 Å². The molecule has 3 heterocycles. The van der Waals surface area contributed by atoms with Gasteiger partial charge in [0.05, 0.1) is 27.8 Å². The van der Waals surface area contributed by atoms with Gasteiger partial charge in [0.1, 0.15) is 0 Å². The predicted octanol–water partition coefficient (Wildman–Crippen LogP) is 10.3. The van der Waals surface area contributed by atoms with Gasteiger partial charge in [0.25, 0.3) is 0 Å². The first-order valence-electron chi connectivity index (χ1n) is 15.3. The summed E-state index contributed by atoms with van der Waals surface area (Å²) in [6.45, 7) is 2.04. The minimum atomic E-state index is 0.727. The normalized spacial score (nSPS) is 11.7. The predicted molar refractivity (Wildman–Crippen MR) is 186 cm³/mol. The van der Waals surface area contributed by atoms with Crippen molar-refractivity contribution < 1.29 is 0 Å². The molecular formula is C41H28N4. The lowest BCUT2D eigenvalue weighted by Crippen LogP contribution is -1.97. The molecule has 0 radical (unpaired) electrons. The number of benzene rings is 6. The highest BCUT2D eigenvalue weighted by Gasteiger charge is 2.14. The topological polar surface area (TPSA) is 35.6 Å². The third-order valence-corrected chi connectivity index (χ3v) is 8.82. The molecule has 0 unspecified atom stereocenters. The standard InChI is InChI=1S/C41H28N4/c1-27-26-36(28-18-22-30(23-19-28)44-37-14-6-2-10-32(37)33-11-3-7-15-38(33)44)43-41(42-27)29-20-24-31(25-21-29)45-39-16-8-4-12-34(39)35-13-5-9-17-40(35)45/h2-26H,1H3. The van der Waals surface area contributed by atoms with Crippen molar-refractivity contribution in [2.24, 2.45) is 0 Å². The molecule has 9 rings (SSSR count). The first-order chi connectivity index (χ1) is 22.2. The van der Waals surface area contributed by atoms with Crippen molar-refractivity contribution in [3.63, 3.8) is 0 Å². The lowest BCUT2D eigenvalue weighted by atomic mass is 10.1. The van der Waals surface area contributed by atoms with Gasteiger partial charge in [-0.2, -0.15) is 0 Å². The molecule has 0 bridgehead atoms. The summed E-state index contributed by atoms with van der Waals surface area (Å²) < 4.78 is 4.67. The molecule has 6 aromatic carbocycles. The van der Waals surface area contributed by atoms with Crippen molar-refractivity contribution in [2.45, 2.75) is 6.92 Å². The molecule has 0 aliphatic rings. The van der Waals surface area contributed by atoms with E-state index in [1.807, 2.05) is 6.92 Å². The number of para-hydroxylation sites is 4. The average molecular weight is 577 g/mol. The molecule has 0 atom stereocenters. The molecule has 4 heteroatoms. The van der Waals surface area contributed by atoms with Crippen LogP contribution in [0.1, 0.15) is 5.69 Å². The molecule has 0 saturated heterocycles. The van der Waals surface area contributed by atoms with E-state index in [1.54, 1.807) is 0 Å². The van der Waals surface area contributed by atoms with Crippen LogP contribution in [0.25, 0.3) is 77.6 Å². The van der Waals surface area contributed by atoms with Crippen LogP contribution < -0.4 is 0 Å². The van der Waals surface area contributed by atoms with Crippen molar-refractivity contribution >= 4 is 43.6 Å². The summed E-state index contributed by atoms with van der Waals surface area (Å²) in [5.41, 5.74) is 11.0. The number of hydrogen-bond donors (Lipinski definition) is 0. The number of aryl methyl sites for hydroxylation is 1. The number of rotatable bonds is 4. The van der Waals surface area contributed by atoms with Gasteiger partial charge in [-0.05, 0) is 73.7 Å². The fraction of sp³-hybridized carbons (Fsp3) is 0.0244. The van der Waals surface area contributed by atoms with E-state index in [9.17, 15) is 0 Å². The quantitative estimate of drug-likeness (QED) is 0.209. The Balaban J connectivity index is 1.08. The van der Waals surface area contributed by atoms with Crippen LogP contribution in [0.2, 0.25) is 0 Å². The molecule has 0 fully saturated rings. The van der Waals surface area contributed by atoms with E-state index in [0.717, 1.165) is 39.7 Å². The highest BCUT2D eigenvalue weighted by Crippen LogP contribution is 2.34. The zero-order valence-corrected chi connectivity index (χ0v) is 24.7. The first-order valence-corrected chi connectivity index (χ1v) is 15.3. The first kappa shape index (κ1) is 25.5. The van der Waals surface area contributed by atoms with Crippen LogP contribution in [0.15, 0.2) is 152 Å². The van der Waals surface area contributed by atoms with Crippen LogP contribution in [-0.4, -0.2) is 19.1 Å². The lowest BCUT2D eigenvalue weighted by molar-refractivity contribution is 1.11. The largest absolute Gasteiger partial charge is 0.309 e. The van der Waals surface area contributed by atoms with Crippen LogP contribution in [0.3, 0.4) is 0 Å². The molecule has 3 aromatic heterocycles. The second-order valence-electron chi connectivity index (χ2n) is 11.6. The summed E-state index contributed by atoms with van der Waals surface area (Å²) in [5, 5.41) is 5.04. The van der Waals surface area contributed by atoms with Crippen LogP contribution in [0, 0.1) is 6.92 Å². The Morgan fingerprint density at radius 1 is 0.400 bits per heavy atom. The van der Waals surface area contributed by atoms with Crippen LogP contribution >= 0.6 is 0 Å². The van der Waals surface area contributed by atoms with E-state index >= 15 is 0 Å². The summed E-state index contributed by atoms with van der Waals surface area (Å²) in [4.78, 5) is 9.86. The van der Waals surface area contributed by atoms with Crippen LogP contribution in [0.5, 0.6) is 0 Å². The zero-order chi connectivity index (χ0) is 29.9. The number of nitrogens with zero attached hydrogens (tertiary/aromatic N) is 4. The van der Waals surface area contributed by atoms with E-state index in [1.165, 1.54) is 43.6 Å². The van der Waals surface area contributed by atoms with Crippen LogP contribution in [-0.2, 0) is 0 Å². The summed E-state index contributed by atoms with van der Waals surface area (Å²) in [7, 11) is 0. The van der Waals surface area contributed by atoms with Crippen molar-refractivity contribution in [3.8, 4) is 34.0 Å². The molecule has 0 saturated carbocycles. The monoisotopic (exact) mass is 576 g/mol. The highest BCUT2D eigenvalue weighted by molar-refractivity contribution is 6.10. The Bertz CT molecular complexity index is 2250. The highest BCUT2D eigenvalue weighted by atomic mass is 15.0. The zero-order valence-electron chi connectivity index (χ0n) is 24.7. The molecule has 9 aromatic rings. The van der Waals surface area contributed by atoms with Gasteiger partial charge < -0.3 is 9.13 Å². The Kier molecular flexibility index (Phi) is 5.69. The lowest BCUT2D eigenvalue weighted by Gasteiger charge is -2.11. The number of aromatic nitrogens is 4. The smallest absolute Gasteiger partial charge is 0.160 e. The maximum Gasteiger partial charge on any atom is 0.160 e. The minimum absolute atomic E-state index is 0.727. The number of hydrogen-bond acceptors (Lipinski definition) is 2. The van der Waals surface area contributed by atoms with Gasteiger partial charge in [0.15, 0.2) is 5.82 Å². The fourth-order valence-electron chi connectivity index (χ4n) is 6.79. The van der Waals surface area contributed by atoms with Gasteiger partial charge in [-0.1, -0.05) is 84.9 Å². The van der Waals surface area contributed by atoms with Gasteiger partial charge in [-0.25, -0.2) is 9.97 Å². The van der Waals surface area contributed by atoms with Gasteiger partial charge in [-0.3, -0.25) is 0 Å². The number of fused-ring (bicyclic) bond motifs is 6. The van der Waals surface area contributed by atoms with Gasteiger partial charge in [0.2, 0.25) is 0 Å². The summed E-state index contributed by atoms with van der Waals surface area (Å²) >= 11 is 0. The molecule has 0 aliphatic heterocycles. The second kappa shape index (κ2) is 10.0. The Morgan fingerprint density at radius 2 is 0.778 bits per heavy atom. The van der Waals surface area contributed by atoms with Crippen molar-refractivity contribution in [1.29, 1.82) is 0 Å². The molecule has 0 spiro atoms. The summed E-state index contributed by atoms with van der Waals surface area (Å²) in [6, 6.07) is 53.7.